The van der Waals surface area contributed by atoms with E-state index >= 15 is 0 Å². The predicted molar refractivity (Wildman–Crippen MR) is 68.3 cm³/mol. The molecule has 0 aliphatic carbocycles. The molecule has 0 fully saturated rings. The monoisotopic (exact) mass is 257 g/mol. The van der Waals surface area contributed by atoms with Crippen LogP contribution in [0.2, 0.25) is 0 Å². The molecule has 2 amide bonds. The highest BCUT2D eigenvalue weighted by Gasteiger charge is 2.07. The van der Waals surface area contributed by atoms with Crippen LogP contribution in [0.1, 0.15) is 16.8 Å². The van der Waals surface area contributed by atoms with Gasteiger partial charge in [0.1, 0.15) is 0 Å². The molecular formula is C11H19N3O2S. The molecule has 1 aromatic rings. The van der Waals surface area contributed by atoms with Crippen LogP contribution in [-0.2, 0) is 12.8 Å². The molecule has 17 heavy (non-hydrogen) atoms. The van der Waals surface area contributed by atoms with E-state index < -0.39 is 0 Å². The molecule has 0 bridgehead atoms. The molecule has 0 aliphatic heterocycles. The number of amides is 2. The summed E-state index contributed by atoms with van der Waals surface area (Å²) in [6, 6.07) is -0.161. The van der Waals surface area contributed by atoms with Gasteiger partial charge >= 0.3 is 6.03 Å². The maximum atomic E-state index is 11.5. The molecule has 5 nitrogen and oxygen atoms in total. The Kier molecular flexibility index (Phi) is 5.93. The van der Waals surface area contributed by atoms with Crippen molar-refractivity contribution in [2.24, 2.45) is 0 Å². The van der Waals surface area contributed by atoms with Crippen molar-refractivity contribution in [2.45, 2.75) is 19.8 Å². The second-order valence-electron chi connectivity index (χ2n) is 3.70. The Balaban J connectivity index is 2.25. The number of urea groups is 1. The van der Waals surface area contributed by atoms with E-state index in [1.54, 1.807) is 18.4 Å². The number of carbonyl (C=O) groups excluding carboxylic acids is 1. The Morgan fingerprint density at radius 3 is 3.00 bits per heavy atom. The summed E-state index contributed by atoms with van der Waals surface area (Å²) in [6.45, 7) is 3.01. The van der Waals surface area contributed by atoms with Gasteiger partial charge in [0.2, 0.25) is 0 Å². The zero-order valence-electron chi connectivity index (χ0n) is 10.3. The predicted octanol–water partition coefficient (Wildman–Crippen LogP) is 0.882. The molecule has 0 spiro atoms. The van der Waals surface area contributed by atoms with Crippen molar-refractivity contribution in [3.63, 3.8) is 0 Å². The highest BCUT2D eigenvalue weighted by Crippen LogP contribution is 2.13. The highest BCUT2D eigenvalue weighted by atomic mass is 32.1. The summed E-state index contributed by atoms with van der Waals surface area (Å²) in [5.74, 6) is 0. The SMILES string of the molecule is CCc1cnc(CCNC(=O)N(C)CCO)s1. The van der Waals surface area contributed by atoms with Crippen LogP contribution in [0.25, 0.3) is 0 Å². The average Bonchev–Trinajstić information content (AvgIpc) is 2.77. The zero-order chi connectivity index (χ0) is 12.7. The lowest BCUT2D eigenvalue weighted by Crippen LogP contribution is -2.39. The molecule has 0 atom stereocenters. The minimum Gasteiger partial charge on any atom is -0.395 e. The Morgan fingerprint density at radius 1 is 1.65 bits per heavy atom. The van der Waals surface area contributed by atoms with Crippen LogP contribution in [0.15, 0.2) is 6.20 Å². The van der Waals surface area contributed by atoms with Crippen molar-refractivity contribution in [1.82, 2.24) is 15.2 Å². The van der Waals surface area contributed by atoms with Crippen LogP contribution < -0.4 is 5.32 Å². The van der Waals surface area contributed by atoms with E-state index in [-0.39, 0.29) is 12.6 Å². The van der Waals surface area contributed by atoms with Crippen molar-refractivity contribution >= 4 is 17.4 Å². The number of thiazole rings is 1. The van der Waals surface area contributed by atoms with E-state index in [1.165, 1.54) is 9.78 Å². The van der Waals surface area contributed by atoms with E-state index in [4.69, 9.17) is 5.11 Å². The van der Waals surface area contributed by atoms with Crippen molar-refractivity contribution < 1.29 is 9.90 Å². The fraction of sp³-hybridized carbons (Fsp3) is 0.636. The first-order chi connectivity index (χ1) is 8.17. The third kappa shape index (κ3) is 4.70. The normalized spacial score (nSPS) is 10.3. The molecule has 0 radical (unpaired) electrons. The van der Waals surface area contributed by atoms with Crippen LogP contribution in [0.3, 0.4) is 0 Å². The molecule has 0 unspecified atom stereocenters. The number of hydrogen-bond acceptors (Lipinski definition) is 4. The molecule has 0 aliphatic rings. The minimum absolute atomic E-state index is 0.0176. The van der Waals surface area contributed by atoms with E-state index in [2.05, 4.69) is 17.2 Å². The lowest BCUT2D eigenvalue weighted by atomic mass is 10.4. The summed E-state index contributed by atoms with van der Waals surface area (Å²) in [5.41, 5.74) is 0. The van der Waals surface area contributed by atoms with Gasteiger partial charge in [0, 0.05) is 37.6 Å². The summed E-state index contributed by atoms with van der Waals surface area (Å²) < 4.78 is 0. The van der Waals surface area contributed by atoms with Crippen molar-refractivity contribution in [3.05, 3.63) is 16.1 Å². The van der Waals surface area contributed by atoms with Gasteiger partial charge in [-0.1, -0.05) is 6.92 Å². The molecule has 0 saturated carbocycles. The first-order valence-electron chi connectivity index (χ1n) is 5.70. The summed E-state index contributed by atoms with van der Waals surface area (Å²) in [4.78, 5) is 18.5. The number of rotatable bonds is 6. The average molecular weight is 257 g/mol. The van der Waals surface area contributed by atoms with Crippen molar-refractivity contribution in [2.75, 3.05) is 26.7 Å². The van der Waals surface area contributed by atoms with Gasteiger partial charge in [-0.3, -0.25) is 0 Å². The van der Waals surface area contributed by atoms with Gasteiger partial charge in [0.15, 0.2) is 0 Å². The van der Waals surface area contributed by atoms with E-state index in [9.17, 15) is 4.79 Å². The third-order valence-corrected chi connectivity index (χ3v) is 3.55. The largest absolute Gasteiger partial charge is 0.395 e. The quantitative estimate of drug-likeness (QED) is 0.795. The number of carbonyl (C=O) groups is 1. The molecule has 0 aromatic carbocycles. The van der Waals surface area contributed by atoms with Gasteiger partial charge in [0.05, 0.1) is 11.6 Å². The number of nitrogens with one attached hydrogen (secondary N) is 1. The van der Waals surface area contributed by atoms with Gasteiger partial charge in [-0.25, -0.2) is 9.78 Å². The molecule has 1 rings (SSSR count). The third-order valence-electron chi connectivity index (χ3n) is 2.35. The van der Waals surface area contributed by atoms with E-state index in [1.807, 2.05) is 6.20 Å². The fourth-order valence-electron chi connectivity index (χ4n) is 1.29. The van der Waals surface area contributed by atoms with Crippen LogP contribution >= 0.6 is 11.3 Å². The maximum Gasteiger partial charge on any atom is 0.317 e. The smallest absolute Gasteiger partial charge is 0.317 e. The lowest BCUT2D eigenvalue weighted by molar-refractivity contribution is 0.190. The topological polar surface area (TPSA) is 65.5 Å². The summed E-state index contributed by atoms with van der Waals surface area (Å²) in [7, 11) is 1.66. The number of aliphatic hydroxyl groups is 1. The zero-order valence-corrected chi connectivity index (χ0v) is 11.1. The molecule has 1 heterocycles. The number of hydrogen-bond donors (Lipinski definition) is 2. The van der Waals surface area contributed by atoms with Crippen LogP contribution in [-0.4, -0.2) is 47.8 Å². The molecule has 96 valence electrons. The Morgan fingerprint density at radius 2 is 2.41 bits per heavy atom. The number of aromatic nitrogens is 1. The summed E-state index contributed by atoms with van der Waals surface area (Å²) >= 11 is 1.69. The van der Waals surface area contributed by atoms with Crippen molar-refractivity contribution in [1.29, 1.82) is 0 Å². The number of likely N-dealkylation sites (N-methyl/N-ethyl adjacent to an activating group) is 1. The first kappa shape index (κ1) is 13.9. The molecule has 0 saturated heterocycles. The first-order valence-corrected chi connectivity index (χ1v) is 6.52. The Labute approximate surface area is 105 Å². The van der Waals surface area contributed by atoms with Crippen LogP contribution in [0.4, 0.5) is 4.79 Å². The summed E-state index contributed by atoms with van der Waals surface area (Å²) in [5, 5.41) is 12.5. The fourth-order valence-corrected chi connectivity index (χ4v) is 2.15. The number of nitrogens with zero attached hydrogens (tertiary/aromatic N) is 2. The van der Waals surface area contributed by atoms with E-state index in [0.29, 0.717) is 13.1 Å². The van der Waals surface area contributed by atoms with Gasteiger partial charge in [-0.05, 0) is 6.42 Å². The van der Waals surface area contributed by atoms with Gasteiger partial charge in [0.25, 0.3) is 0 Å². The second kappa shape index (κ2) is 7.24. The van der Waals surface area contributed by atoms with Gasteiger partial charge < -0.3 is 15.3 Å². The van der Waals surface area contributed by atoms with E-state index in [0.717, 1.165) is 17.8 Å². The number of aliphatic hydroxyl groups excluding tert-OH is 1. The molecule has 6 heteroatoms. The maximum absolute atomic E-state index is 11.5. The van der Waals surface area contributed by atoms with Crippen LogP contribution in [0, 0.1) is 0 Å². The van der Waals surface area contributed by atoms with Gasteiger partial charge in [-0.15, -0.1) is 11.3 Å². The second-order valence-corrected chi connectivity index (χ2v) is 4.90. The van der Waals surface area contributed by atoms with Crippen LogP contribution in [0.5, 0.6) is 0 Å². The lowest BCUT2D eigenvalue weighted by Gasteiger charge is -2.16. The van der Waals surface area contributed by atoms with Crippen molar-refractivity contribution in [3.8, 4) is 0 Å². The van der Waals surface area contributed by atoms with Gasteiger partial charge in [-0.2, -0.15) is 0 Å². The Hall–Kier alpha value is -1.14. The standard InChI is InChI=1S/C11H19N3O2S/c1-3-9-8-13-10(17-9)4-5-12-11(16)14(2)6-7-15/h8,15H,3-7H2,1-2H3,(H,12,16). The Bertz CT molecular complexity index is 354. The highest BCUT2D eigenvalue weighted by molar-refractivity contribution is 7.11. The molecule has 2 N–H and O–H groups in total. The molecule has 1 aromatic heterocycles. The molecular weight excluding hydrogens is 238 g/mol. The summed E-state index contributed by atoms with van der Waals surface area (Å²) in [6.07, 6.45) is 3.65. The number of aryl methyl sites for hydroxylation is 1. The minimum atomic E-state index is -0.161.